The molecule has 9 nitrogen and oxygen atoms in total. The Labute approximate surface area is 178 Å². The molecule has 0 fully saturated rings. The zero-order valence-corrected chi connectivity index (χ0v) is 17.3. The van der Waals surface area contributed by atoms with Crippen molar-refractivity contribution < 1.29 is 38.1 Å². The molecule has 0 spiro atoms. The summed E-state index contributed by atoms with van der Waals surface area (Å²) < 4.78 is 26.9. The fourth-order valence-electron chi connectivity index (χ4n) is 2.75. The number of hydrogen-bond donors (Lipinski definition) is 2. The lowest BCUT2D eigenvalue weighted by Crippen LogP contribution is -2.13. The first-order chi connectivity index (χ1) is 14.9. The maximum absolute atomic E-state index is 12.7. The van der Waals surface area contributed by atoms with Crippen LogP contribution < -0.4 is 24.3 Å². The maximum Gasteiger partial charge on any atom is 0.335 e. The summed E-state index contributed by atoms with van der Waals surface area (Å²) in [6, 6.07) is 10.6. The Morgan fingerprint density at radius 1 is 0.903 bits per heavy atom. The van der Waals surface area contributed by atoms with E-state index in [0.717, 1.165) is 0 Å². The van der Waals surface area contributed by atoms with Crippen LogP contribution in [0.15, 0.2) is 46.9 Å². The Morgan fingerprint density at radius 2 is 1.58 bits per heavy atom. The van der Waals surface area contributed by atoms with Gasteiger partial charge in [-0.1, -0.05) is 6.07 Å². The highest BCUT2D eigenvalue weighted by Crippen LogP contribution is 2.39. The van der Waals surface area contributed by atoms with E-state index in [-0.39, 0.29) is 17.3 Å². The number of carboxylic acid groups (broad SMARTS) is 1. The quantitative estimate of drug-likeness (QED) is 0.545. The molecule has 1 heterocycles. The SMILES string of the molecule is COc1cc(OC)c(NC(=O)c2ccc(Oc3cc(C(=O)O)ccc3C)o2)c(OC)c1. The van der Waals surface area contributed by atoms with Crippen LogP contribution in [0.4, 0.5) is 5.69 Å². The second-order valence-electron chi connectivity index (χ2n) is 6.37. The molecule has 0 aliphatic rings. The van der Waals surface area contributed by atoms with Gasteiger partial charge in [-0.15, -0.1) is 0 Å². The van der Waals surface area contributed by atoms with Gasteiger partial charge in [-0.2, -0.15) is 0 Å². The van der Waals surface area contributed by atoms with Crippen molar-refractivity contribution in [3.05, 3.63) is 59.4 Å². The van der Waals surface area contributed by atoms with Crippen LogP contribution >= 0.6 is 0 Å². The number of amides is 1. The molecule has 0 saturated carbocycles. The van der Waals surface area contributed by atoms with Crippen LogP contribution in [0.3, 0.4) is 0 Å². The molecule has 9 heteroatoms. The summed E-state index contributed by atoms with van der Waals surface area (Å²) in [5.41, 5.74) is 1.09. The Hall–Kier alpha value is -4.14. The van der Waals surface area contributed by atoms with Gasteiger partial charge in [0.2, 0.25) is 0 Å². The van der Waals surface area contributed by atoms with Crippen LogP contribution in [0, 0.1) is 6.92 Å². The van der Waals surface area contributed by atoms with Crippen LogP contribution in [0.2, 0.25) is 0 Å². The van der Waals surface area contributed by atoms with E-state index in [0.29, 0.717) is 34.2 Å². The van der Waals surface area contributed by atoms with Gasteiger partial charge in [-0.25, -0.2) is 4.79 Å². The van der Waals surface area contributed by atoms with Crippen molar-refractivity contribution in [2.24, 2.45) is 0 Å². The lowest BCUT2D eigenvalue weighted by atomic mass is 10.1. The number of ether oxygens (including phenoxy) is 4. The average Bonchev–Trinajstić information content (AvgIpc) is 3.23. The largest absolute Gasteiger partial charge is 0.496 e. The van der Waals surface area contributed by atoms with Gasteiger partial charge in [0.15, 0.2) is 5.76 Å². The predicted octanol–water partition coefficient (Wildman–Crippen LogP) is 4.36. The molecular formula is C22H21NO8. The summed E-state index contributed by atoms with van der Waals surface area (Å²) in [7, 11) is 4.41. The van der Waals surface area contributed by atoms with Crippen molar-refractivity contribution >= 4 is 17.6 Å². The number of aromatic carboxylic acids is 1. The first-order valence-corrected chi connectivity index (χ1v) is 9.09. The fourth-order valence-corrected chi connectivity index (χ4v) is 2.75. The van der Waals surface area contributed by atoms with Crippen LogP contribution in [-0.4, -0.2) is 38.3 Å². The van der Waals surface area contributed by atoms with E-state index in [9.17, 15) is 9.59 Å². The summed E-state index contributed by atoms with van der Waals surface area (Å²) in [4.78, 5) is 23.9. The number of rotatable bonds is 8. The number of carbonyl (C=O) groups excluding carboxylic acids is 1. The maximum atomic E-state index is 12.7. The standard InChI is InChI=1S/C22H21NO8/c1-12-5-6-13(22(25)26)9-16(12)31-19-8-7-15(30-19)21(24)23-20-17(28-3)10-14(27-2)11-18(20)29-4/h5-11H,1-4H3,(H,23,24)(H,25,26). The molecule has 1 amide bonds. The normalized spacial score (nSPS) is 10.3. The van der Waals surface area contributed by atoms with Crippen molar-refractivity contribution in [3.63, 3.8) is 0 Å². The van der Waals surface area contributed by atoms with E-state index >= 15 is 0 Å². The van der Waals surface area contributed by atoms with Gasteiger partial charge in [0.05, 0.1) is 26.9 Å². The minimum Gasteiger partial charge on any atom is -0.496 e. The van der Waals surface area contributed by atoms with Crippen molar-refractivity contribution in [3.8, 4) is 28.9 Å². The summed E-state index contributed by atoms with van der Waals surface area (Å²) >= 11 is 0. The molecule has 0 bridgehead atoms. The molecular weight excluding hydrogens is 406 g/mol. The monoisotopic (exact) mass is 427 g/mol. The molecule has 2 aromatic carbocycles. The minimum absolute atomic E-state index is 0.0260. The van der Waals surface area contributed by atoms with Crippen LogP contribution in [-0.2, 0) is 0 Å². The number of aryl methyl sites for hydroxylation is 1. The number of hydrogen-bond acceptors (Lipinski definition) is 7. The molecule has 162 valence electrons. The highest BCUT2D eigenvalue weighted by atomic mass is 16.6. The lowest BCUT2D eigenvalue weighted by Gasteiger charge is -2.15. The predicted molar refractivity (Wildman–Crippen MR) is 111 cm³/mol. The average molecular weight is 427 g/mol. The fraction of sp³-hybridized carbons (Fsp3) is 0.182. The van der Waals surface area contributed by atoms with Crippen LogP contribution in [0.1, 0.15) is 26.5 Å². The number of carboxylic acids is 1. The van der Waals surface area contributed by atoms with E-state index in [1.54, 1.807) is 25.1 Å². The summed E-state index contributed by atoms with van der Waals surface area (Å²) in [5, 5.41) is 11.8. The third-order valence-electron chi connectivity index (χ3n) is 4.40. The molecule has 3 rings (SSSR count). The second kappa shape index (κ2) is 9.12. The molecule has 0 unspecified atom stereocenters. The molecule has 2 N–H and O–H groups in total. The summed E-state index contributed by atoms with van der Waals surface area (Å²) in [6.07, 6.45) is 0. The number of anilines is 1. The van der Waals surface area contributed by atoms with Gasteiger partial charge in [-0.3, -0.25) is 4.79 Å². The number of nitrogens with one attached hydrogen (secondary N) is 1. The summed E-state index contributed by atoms with van der Waals surface area (Å²) in [6.45, 7) is 1.76. The topological polar surface area (TPSA) is 116 Å². The zero-order chi connectivity index (χ0) is 22.5. The second-order valence-corrected chi connectivity index (χ2v) is 6.37. The minimum atomic E-state index is -1.08. The Balaban J connectivity index is 1.82. The smallest absolute Gasteiger partial charge is 0.335 e. The van der Waals surface area contributed by atoms with Gasteiger partial charge < -0.3 is 33.8 Å². The van der Waals surface area contributed by atoms with E-state index in [2.05, 4.69) is 5.32 Å². The number of carbonyl (C=O) groups is 2. The Morgan fingerprint density at radius 3 is 2.16 bits per heavy atom. The third-order valence-corrected chi connectivity index (χ3v) is 4.40. The number of furan rings is 1. The molecule has 1 aromatic heterocycles. The van der Waals surface area contributed by atoms with Crippen molar-refractivity contribution in [2.75, 3.05) is 26.6 Å². The van der Waals surface area contributed by atoms with E-state index in [4.69, 9.17) is 28.5 Å². The van der Waals surface area contributed by atoms with E-state index in [1.807, 2.05) is 0 Å². The molecule has 0 radical (unpaired) electrons. The van der Waals surface area contributed by atoms with E-state index < -0.39 is 11.9 Å². The van der Waals surface area contributed by atoms with Gasteiger partial charge in [0.25, 0.3) is 11.9 Å². The van der Waals surface area contributed by atoms with Crippen molar-refractivity contribution in [2.45, 2.75) is 6.92 Å². The molecule has 0 aliphatic heterocycles. The molecule has 3 aromatic rings. The first kappa shape index (κ1) is 21.6. The highest BCUT2D eigenvalue weighted by Gasteiger charge is 2.20. The lowest BCUT2D eigenvalue weighted by molar-refractivity contribution is 0.0696. The van der Waals surface area contributed by atoms with Gasteiger partial charge in [0, 0.05) is 18.2 Å². The highest BCUT2D eigenvalue weighted by molar-refractivity contribution is 6.04. The number of methoxy groups -OCH3 is 3. The molecule has 0 atom stereocenters. The van der Waals surface area contributed by atoms with Gasteiger partial charge in [0.1, 0.15) is 28.7 Å². The molecule has 0 saturated heterocycles. The molecule has 31 heavy (non-hydrogen) atoms. The first-order valence-electron chi connectivity index (χ1n) is 9.09. The Kier molecular flexibility index (Phi) is 6.35. The van der Waals surface area contributed by atoms with Crippen LogP contribution in [0.25, 0.3) is 0 Å². The van der Waals surface area contributed by atoms with Crippen LogP contribution in [0.5, 0.6) is 28.9 Å². The van der Waals surface area contributed by atoms with Crippen molar-refractivity contribution in [1.82, 2.24) is 0 Å². The third kappa shape index (κ3) is 4.72. The van der Waals surface area contributed by atoms with Crippen molar-refractivity contribution in [1.29, 1.82) is 0 Å². The summed E-state index contributed by atoms with van der Waals surface area (Å²) in [5.74, 6) is -0.146. The molecule has 0 aliphatic carbocycles. The van der Waals surface area contributed by atoms with Gasteiger partial charge in [-0.05, 0) is 30.7 Å². The van der Waals surface area contributed by atoms with Gasteiger partial charge >= 0.3 is 5.97 Å². The number of benzene rings is 2. The van der Waals surface area contributed by atoms with E-state index in [1.165, 1.54) is 45.6 Å². The Bertz CT molecular complexity index is 1090. The zero-order valence-electron chi connectivity index (χ0n) is 17.3.